The highest BCUT2D eigenvalue weighted by molar-refractivity contribution is 6.76. The van der Waals surface area contributed by atoms with Gasteiger partial charge in [-0.1, -0.05) is 19.6 Å². The van der Waals surface area contributed by atoms with Gasteiger partial charge in [-0.2, -0.15) is 0 Å². The molecule has 0 unspecified atom stereocenters. The van der Waals surface area contributed by atoms with Crippen LogP contribution in [0, 0.1) is 5.92 Å². The maximum Gasteiger partial charge on any atom is 0.409 e. The van der Waals surface area contributed by atoms with E-state index in [4.69, 9.17) is 9.84 Å². The minimum atomic E-state index is -1.17. The molecule has 1 fully saturated rings. The Hall–Kier alpha value is -1.04. The summed E-state index contributed by atoms with van der Waals surface area (Å²) >= 11 is 0. The van der Waals surface area contributed by atoms with Crippen molar-refractivity contribution in [3.8, 4) is 0 Å². The Balaban J connectivity index is 2.16. The van der Waals surface area contributed by atoms with E-state index in [2.05, 4.69) is 19.6 Å². The molecule has 0 aliphatic carbocycles. The quantitative estimate of drug-likeness (QED) is 0.762. The summed E-state index contributed by atoms with van der Waals surface area (Å²) in [5.41, 5.74) is 0. The number of carbonyl (C=O) groups is 2. The first-order valence-corrected chi connectivity index (χ1v) is 9.15. The zero-order valence-corrected chi connectivity index (χ0v) is 11.0. The van der Waals surface area contributed by atoms with Gasteiger partial charge in [0.15, 0.2) is 0 Å². The molecular formula is C10H19NO4Si. The van der Waals surface area contributed by atoms with Gasteiger partial charge >= 0.3 is 12.1 Å². The van der Waals surface area contributed by atoms with Gasteiger partial charge in [-0.15, -0.1) is 0 Å². The van der Waals surface area contributed by atoms with Gasteiger partial charge in [0.25, 0.3) is 0 Å². The van der Waals surface area contributed by atoms with Crippen LogP contribution >= 0.6 is 0 Å². The Morgan fingerprint density at radius 2 is 1.94 bits per heavy atom. The van der Waals surface area contributed by atoms with Crippen molar-refractivity contribution in [3.05, 3.63) is 0 Å². The molecule has 0 spiro atoms. The molecule has 16 heavy (non-hydrogen) atoms. The second kappa shape index (κ2) is 4.86. The standard InChI is InChI=1S/C10H19NO4Si/c1-16(2,3)5-4-15-10(14)11-6-8(7-11)9(12)13/h8H,4-7H2,1-3H3,(H,12,13). The normalized spacial score (nSPS) is 16.8. The van der Waals surface area contributed by atoms with E-state index in [1.54, 1.807) is 0 Å². The number of carboxylic acids is 1. The van der Waals surface area contributed by atoms with Crippen molar-refractivity contribution in [1.82, 2.24) is 4.90 Å². The first kappa shape index (κ1) is 13.0. The Labute approximate surface area is 96.4 Å². The minimum Gasteiger partial charge on any atom is -0.481 e. The van der Waals surface area contributed by atoms with Crippen LogP contribution in [0.5, 0.6) is 0 Å². The van der Waals surface area contributed by atoms with Crippen molar-refractivity contribution in [3.63, 3.8) is 0 Å². The molecule has 1 amide bonds. The lowest BCUT2D eigenvalue weighted by Gasteiger charge is -2.35. The molecule has 0 saturated carbocycles. The summed E-state index contributed by atoms with van der Waals surface area (Å²) in [5, 5.41) is 8.64. The molecule has 1 aliphatic rings. The Morgan fingerprint density at radius 1 is 1.38 bits per heavy atom. The fraction of sp³-hybridized carbons (Fsp3) is 0.800. The fourth-order valence-electron chi connectivity index (χ4n) is 1.32. The van der Waals surface area contributed by atoms with Gasteiger partial charge in [-0.25, -0.2) is 4.79 Å². The van der Waals surface area contributed by atoms with Crippen LogP contribution in [0.15, 0.2) is 0 Å². The Bertz CT molecular complexity index is 281. The number of likely N-dealkylation sites (tertiary alicyclic amines) is 1. The maximum atomic E-state index is 11.4. The first-order chi connectivity index (χ1) is 7.29. The second-order valence-electron chi connectivity index (χ2n) is 5.37. The van der Waals surface area contributed by atoms with Crippen LogP contribution in [0.3, 0.4) is 0 Å². The first-order valence-electron chi connectivity index (χ1n) is 5.44. The number of rotatable bonds is 4. The van der Waals surface area contributed by atoms with Gasteiger partial charge in [-0.3, -0.25) is 4.79 Å². The summed E-state index contributed by atoms with van der Waals surface area (Å²) in [7, 11) is -1.17. The molecule has 0 aromatic heterocycles. The molecule has 5 nitrogen and oxygen atoms in total. The van der Waals surface area contributed by atoms with Crippen molar-refractivity contribution in [2.45, 2.75) is 25.7 Å². The molecule has 92 valence electrons. The molecule has 0 aromatic rings. The van der Waals surface area contributed by atoms with E-state index < -0.39 is 20.0 Å². The lowest BCUT2D eigenvalue weighted by molar-refractivity contribution is -0.146. The Kier molecular flexibility index (Phi) is 3.96. The average molecular weight is 245 g/mol. The van der Waals surface area contributed by atoms with Crippen LogP contribution in [-0.4, -0.2) is 49.8 Å². The molecule has 0 aromatic carbocycles. The van der Waals surface area contributed by atoms with Crippen LogP contribution in [0.25, 0.3) is 0 Å². The topological polar surface area (TPSA) is 66.8 Å². The summed E-state index contributed by atoms with van der Waals surface area (Å²) < 4.78 is 5.08. The van der Waals surface area contributed by atoms with Gasteiger partial charge in [-0.05, 0) is 6.04 Å². The molecule has 0 bridgehead atoms. The zero-order chi connectivity index (χ0) is 12.3. The lowest BCUT2D eigenvalue weighted by Crippen LogP contribution is -2.53. The summed E-state index contributed by atoms with van der Waals surface area (Å²) in [6.45, 7) is 7.64. The van der Waals surface area contributed by atoms with Crippen molar-refractivity contribution in [1.29, 1.82) is 0 Å². The largest absolute Gasteiger partial charge is 0.481 e. The van der Waals surface area contributed by atoms with Gasteiger partial charge < -0.3 is 14.7 Å². The highest BCUT2D eigenvalue weighted by Crippen LogP contribution is 2.17. The summed E-state index contributed by atoms with van der Waals surface area (Å²) in [6.07, 6.45) is -0.379. The number of hydrogen-bond donors (Lipinski definition) is 1. The number of carboxylic acid groups (broad SMARTS) is 1. The Morgan fingerprint density at radius 3 is 2.38 bits per heavy atom. The monoisotopic (exact) mass is 245 g/mol. The third-order valence-corrected chi connectivity index (χ3v) is 4.27. The molecule has 0 radical (unpaired) electrons. The number of ether oxygens (including phenoxy) is 1. The predicted octanol–water partition coefficient (Wildman–Crippen LogP) is 1.48. The third kappa shape index (κ3) is 3.84. The van der Waals surface area contributed by atoms with E-state index in [9.17, 15) is 9.59 Å². The summed E-state index contributed by atoms with van der Waals surface area (Å²) in [4.78, 5) is 23.4. The molecule has 0 atom stereocenters. The number of amides is 1. The molecule has 1 aliphatic heterocycles. The van der Waals surface area contributed by atoms with Crippen LogP contribution < -0.4 is 0 Å². The summed E-state index contributed by atoms with van der Waals surface area (Å²) in [6, 6.07) is 0.939. The maximum absolute atomic E-state index is 11.4. The van der Waals surface area contributed by atoms with Crippen LogP contribution in [-0.2, 0) is 9.53 Å². The van der Waals surface area contributed by atoms with Gasteiger partial charge in [0.2, 0.25) is 0 Å². The number of aliphatic carboxylic acids is 1. The number of hydrogen-bond acceptors (Lipinski definition) is 3. The average Bonchev–Trinajstić information content (AvgIpc) is 1.97. The smallest absolute Gasteiger partial charge is 0.409 e. The van der Waals surface area contributed by atoms with E-state index >= 15 is 0 Å². The van der Waals surface area contributed by atoms with Crippen LogP contribution in [0.2, 0.25) is 25.7 Å². The van der Waals surface area contributed by atoms with Crippen molar-refractivity contribution in [2.75, 3.05) is 19.7 Å². The SMILES string of the molecule is C[Si](C)(C)CCOC(=O)N1CC(C(=O)O)C1. The molecular weight excluding hydrogens is 226 g/mol. The third-order valence-electron chi connectivity index (χ3n) is 2.57. The predicted molar refractivity (Wildman–Crippen MR) is 62.2 cm³/mol. The van der Waals surface area contributed by atoms with E-state index in [-0.39, 0.29) is 19.2 Å². The van der Waals surface area contributed by atoms with Gasteiger partial charge in [0.05, 0.1) is 12.5 Å². The minimum absolute atomic E-state index is 0.279. The van der Waals surface area contributed by atoms with Gasteiger partial charge in [0, 0.05) is 21.2 Å². The number of carbonyl (C=O) groups excluding carboxylic acids is 1. The van der Waals surface area contributed by atoms with E-state index in [1.165, 1.54) is 4.90 Å². The zero-order valence-electron chi connectivity index (χ0n) is 10.0. The van der Waals surface area contributed by atoms with Crippen molar-refractivity contribution in [2.24, 2.45) is 5.92 Å². The van der Waals surface area contributed by atoms with Crippen molar-refractivity contribution >= 4 is 20.1 Å². The fourth-order valence-corrected chi connectivity index (χ4v) is 2.03. The highest BCUT2D eigenvalue weighted by Gasteiger charge is 2.36. The van der Waals surface area contributed by atoms with E-state index in [1.807, 2.05) is 0 Å². The lowest BCUT2D eigenvalue weighted by atomic mass is 10.0. The van der Waals surface area contributed by atoms with Gasteiger partial charge in [0.1, 0.15) is 0 Å². The molecule has 1 N–H and O–H groups in total. The summed E-state index contributed by atoms with van der Waals surface area (Å²) in [5.74, 6) is -1.25. The number of nitrogens with zero attached hydrogens (tertiary/aromatic N) is 1. The molecule has 1 rings (SSSR count). The van der Waals surface area contributed by atoms with Crippen molar-refractivity contribution < 1.29 is 19.4 Å². The van der Waals surface area contributed by atoms with E-state index in [0.29, 0.717) is 6.61 Å². The second-order valence-corrected chi connectivity index (χ2v) is 11.0. The van der Waals surface area contributed by atoms with Crippen LogP contribution in [0.4, 0.5) is 4.79 Å². The molecule has 6 heteroatoms. The molecule has 1 heterocycles. The highest BCUT2D eigenvalue weighted by atomic mass is 28.3. The van der Waals surface area contributed by atoms with Crippen LogP contribution in [0.1, 0.15) is 0 Å². The molecule has 1 saturated heterocycles. The van der Waals surface area contributed by atoms with E-state index in [0.717, 1.165) is 6.04 Å².